The van der Waals surface area contributed by atoms with Crippen LogP contribution >= 0.6 is 0 Å². The topological polar surface area (TPSA) is 88.6 Å². The van der Waals surface area contributed by atoms with E-state index in [1.807, 2.05) is 54.6 Å². The first-order valence-electron chi connectivity index (χ1n) is 9.34. The van der Waals surface area contributed by atoms with Crippen molar-refractivity contribution in [1.29, 1.82) is 0 Å². The number of aromatic nitrogens is 1. The molecule has 30 heavy (non-hydrogen) atoms. The van der Waals surface area contributed by atoms with Gasteiger partial charge in [0.05, 0.1) is 6.54 Å². The molecule has 3 aromatic rings. The predicted molar refractivity (Wildman–Crippen MR) is 113 cm³/mol. The zero-order valence-electron chi connectivity index (χ0n) is 16.6. The van der Waals surface area contributed by atoms with Crippen LogP contribution in [0.4, 0.5) is 0 Å². The highest BCUT2D eigenvalue weighted by Crippen LogP contribution is 2.13. The zero-order valence-corrected chi connectivity index (χ0v) is 17.4. The van der Waals surface area contributed by atoms with Gasteiger partial charge in [-0.15, -0.1) is 0 Å². The SMILES string of the molecule is CN(CC(=O)NCc1cccc(COc2ccccc2)c1)S(=O)(=O)c1cccnc1. The summed E-state index contributed by atoms with van der Waals surface area (Å²) in [4.78, 5) is 16.1. The fourth-order valence-electron chi connectivity index (χ4n) is 2.74. The minimum atomic E-state index is -3.76. The van der Waals surface area contributed by atoms with Crippen molar-refractivity contribution in [2.24, 2.45) is 0 Å². The van der Waals surface area contributed by atoms with Crippen LogP contribution in [-0.2, 0) is 28.0 Å². The molecule has 1 aromatic heterocycles. The van der Waals surface area contributed by atoms with E-state index in [-0.39, 0.29) is 11.4 Å². The van der Waals surface area contributed by atoms with Gasteiger partial charge in [0.1, 0.15) is 17.3 Å². The van der Waals surface area contributed by atoms with Crippen molar-refractivity contribution in [3.8, 4) is 5.75 Å². The molecule has 0 aliphatic heterocycles. The number of ether oxygens (including phenoxy) is 1. The number of sulfonamides is 1. The number of hydrogen-bond donors (Lipinski definition) is 1. The number of nitrogens with one attached hydrogen (secondary N) is 1. The highest BCUT2D eigenvalue weighted by molar-refractivity contribution is 7.89. The van der Waals surface area contributed by atoms with Crippen LogP contribution < -0.4 is 10.1 Å². The molecule has 0 radical (unpaired) electrons. The number of carbonyl (C=O) groups is 1. The molecular formula is C22H23N3O4S. The summed E-state index contributed by atoms with van der Waals surface area (Å²) in [6, 6.07) is 20.2. The molecule has 0 aliphatic carbocycles. The van der Waals surface area contributed by atoms with Gasteiger partial charge in [-0.1, -0.05) is 42.5 Å². The first-order valence-corrected chi connectivity index (χ1v) is 10.8. The van der Waals surface area contributed by atoms with Gasteiger partial charge in [0.25, 0.3) is 0 Å². The second-order valence-electron chi connectivity index (χ2n) is 6.65. The van der Waals surface area contributed by atoms with Crippen LogP contribution in [0, 0.1) is 0 Å². The number of rotatable bonds is 9. The van der Waals surface area contributed by atoms with Crippen molar-refractivity contribution in [2.75, 3.05) is 13.6 Å². The van der Waals surface area contributed by atoms with Crippen molar-refractivity contribution in [3.05, 3.63) is 90.3 Å². The van der Waals surface area contributed by atoms with Crippen LogP contribution in [0.25, 0.3) is 0 Å². The number of nitrogens with zero attached hydrogens (tertiary/aromatic N) is 2. The normalized spacial score (nSPS) is 11.3. The van der Waals surface area contributed by atoms with Gasteiger partial charge >= 0.3 is 0 Å². The second-order valence-corrected chi connectivity index (χ2v) is 8.69. The van der Waals surface area contributed by atoms with Crippen LogP contribution in [0.1, 0.15) is 11.1 Å². The summed E-state index contributed by atoms with van der Waals surface area (Å²) in [6.45, 7) is 0.421. The quantitative estimate of drug-likeness (QED) is 0.569. The lowest BCUT2D eigenvalue weighted by molar-refractivity contribution is -0.121. The van der Waals surface area contributed by atoms with E-state index >= 15 is 0 Å². The van der Waals surface area contributed by atoms with E-state index in [4.69, 9.17) is 4.74 Å². The van der Waals surface area contributed by atoms with Crippen molar-refractivity contribution < 1.29 is 17.9 Å². The molecule has 0 bridgehead atoms. The molecule has 156 valence electrons. The molecule has 0 saturated heterocycles. The molecular weight excluding hydrogens is 402 g/mol. The van der Waals surface area contributed by atoms with Crippen molar-refractivity contribution in [1.82, 2.24) is 14.6 Å². The van der Waals surface area contributed by atoms with Crippen LogP contribution in [0.3, 0.4) is 0 Å². The van der Waals surface area contributed by atoms with Crippen LogP contribution in [0.15, 0.2) is 84.0 Å². The van der Waals surface area contributed by atoms with Crippen molar-refractivity contribution >= 4 is 15.9 Å². The molecule has 0 atom stereocenters. The van der Waals surface area contributed by atoms with Gasteiger partial charge < -0.3 is 10.1 Å². The maximum absolute atomic E-state index is 12.5. The summed E-state index contributed by atoms with van der Waals surface area (Å²) < 4.78 is 31.7. The van der Waals surface area contributed by atoms with Gasteiger partial charge in [0, 0.05) is 26.0 Å². The molecule has 0 saturated carbocycles. The Hall–Kier alpha value is -3.23. The fraction of sp³-hybridized carbons (Fsp3) is 0.182. The number of hydrogen-bond acceptors (Lipinski definition) is 5. The maximum Gasteiger partial charge on any atom is 0.244 e. The molecule has 1 amide bonds. The number of amides is 1. The Labute approximate surface area is 176 Å². The average molecular weight is 426 g/mol. The summed E-state index contributed by atoms with van der Waals surface area (Å²) in [5.41, 5.74) is 1.87. The van der Waals surface area contributed by atoms with Crippen LogP contribution in [0.2, 0.25) is 0 Å². The minimum absolute atomic E-state index is 0.0476. The summed E-state index contributed by atoms with van der Waals surface area (Å²) in [6.07, 6.45) is 2.75. The molecule has 0 unspecified atom stereocenters. The molecule has 0 fully saturated rings. The molecule has 7 nitrogen and oxygen atoms in total. The van der Waals surface area contributed by atoms with E-state index in [0.29, 0.717) is 13.2 Å². The lowest BCUT2D eigenvalue weighted by Gasteiger charge is -2.16. The van der Waals surface area contributed by atoms with E-state index < -0.39 is 15.9 Å². The number of pyridine rings is 1. The first-order chi connectivity index (χ1) is 14.4. The first kappa shape index (κ1) is 21.5. The second kappa shape index (κ2) is 10.00. The molecule has 8 heteroatoms. The Bertz CT molecular complexity index is 1070. The third kappa shape index (κ3) is 5.88. The van der Waals surface area contributed by atoms with Crippen molar-refractivity contribution in [2.45, 2.75) is 18.0 Å². The van der Waals surface area contributed by atoms with Gasteiger partial charge in [0.15, 0.2) is 0 Å². The lowest BCUT2D eigenvalue weighted by Crippen LogP contribution is -2.38. The zero-order chi connectivity index (χ0) is 21.4. The van der Waals surface area contributed by atoms with Crippen molar-refractivity contribution in [3.63, 3.8) is 0 Å². The van der Waals surface area contributed by atoms with E-state index in [1.165, 1.54) is 31.6 Å². The van der Waals surface area contributed by atoms with Gasteiger partial charge in [0.2, 0.25) is 15.9 Å². The molecule has 0 spiro atoms. The third-order valence-corrected chi connectivity index (χ3v) is 6.13. The Kier molecular flexibility index (Phi) is 7.16. The van der Waals surface area contributed by atoms with E-state index in [2.05, 4.69) is 10.3 Å². The van der Waals surface area contributed by atoms with Gasteiger partial charge in [-0.2, -0.15) is 4.31 Å². The fourth-order valence-corrected chi connectivity index (χ4v) is 3.83. The Morgan fingerprint density at radius 3 is 2.53 bits per heavy atom. The van der Waals surface area contributed by atoms with E-state index in [1.54, 1.807) is 0 Å². The van der Waals surface area contributed by atoms with E-state index in [9.17, 15) is 13.2 Å². The largest absolute Gasteiger partial charge is 0.489 e. The Morgan fingerprint density at radius 2 is 1.80 bits per heavy atom. The monoisotopic (exact) mass is 425 g/mol. The van der Waals surface area contributed by atoms with Crippen LogP contribution in [0.5, 0.6) is 5.75 Å². The van der Waals surface area contributed by atoms with Gasteiger partial charge in [-0.05, 0) is 35.4 Å². The van der Waals surface area contributed by atoms with Crippen LogP contribution in [-0.4, -0.2) is 37.2 Å². The lowest BCUT2D eigenvalue weighted by atomic mass is 10.1. The maximum atomic E-state index is 12.5. The average Bonchev–Trinajstić information content (AvgIpc) is 2.78. The smallest absolute Gasteiger partial charge is 0.244 e. The predicted octanol–water partition coefficient (Wildman–Crippen LogP) is 2.60. The van der Waals surface area contributed by atoms with E-state index in [0.717, 1.165) is 21.2 Å². The summed E-state index contributed by atoms with van der Waals surface area (Å²) in [5.74, 6) is 0.393. The summed E-state index contributed by atoms with van der Waals surface area (Å²) in [5, 5.41) is 2.75. The highest BCUT2D eigenvalue weighted by atomic mass is 32.2. The number of benzene rings is 2. The Balaban J connectivity index is 1.52. The number of carbonyl (C=O) groups excluding carboxylic acids is 1. The number of likely N-dealkylation sites (N-methyl/N-ethyl adjacent to an activating group) is 1. The minimum Gasteiger partial charge on any atom is -0.489 e. The highest BCUT2D eigenvalue weighted by Gasteiger charge is 2.22. The summed E-state index contributed by atoms with van der Waals surface area (Å²) >= 11 is 0. The summed E-state index contributed by atoms with van der Waals surface area (Å²) in [7, 11) is -2.40. The molecule has 3 rings (SSSR count). The standard InChI is InChI=1S/C22H23N3O4S/c1-25(30(27,28)21-11-6-12-23-15-21)16-22(26)24-14-18-7-5-8-19(13-18)17-29-20-9-3-2-4-10-20/h2-13,15H,14,16-17H2,1H3,(H,24,26). The molecule has 1 heterocycles. The van der Waals surface area contributed by atoms with Gasteiger partial charge in [-0.25, -0.2) is 8.42 Å². The molecule has 1 N–H and O–H groups in total. The van der Waals surface area contributed by atoms with Gasteiger partial charge in [-0.3, -0.25) is 9.78 Å². The Morgan fingerprint density at radius 1 is 1.03 bits per heavy atom. The molecule has 2 aromatic carbocycles. The number of para-hydroxylation sites is 1. The molecule has 0 aliphatic rings. The third-order valence-electron chi connectivity index (χ3n) is 4.34.